The number of ether oxygens (including phenoxy) is 1. The van der Waals surface area contributed by atoms with Crippen LogP contribution in [0.3, 0.4) is 0 Å². The lowest BCUT2D eigenvalue weighted by molar-refractivity contribution is -0.117. The minimum Gasteiger partial charge on any atom is -0.492 e. The lowest BCUT2D eigenvalue weighted by Gasteiger charge is -2.34. The van der Waals surface area contributed by atoms with E-state index >= 15 is 0 Å². The SMILES string of the molecule is Cc1cc(NC(=O)CN2CCN(CCOc3ccccc3)CC2)no1. The van der Waals surface area contributed by atoms with Gasteiger partial charge in [-0.2, -0.15) is 0 Å². The van der Waals surface area contributed by atoms with Crippen molar-refractivity contribution in [3.05, 3.63) is 42.2 Å². The zero-order chi connectivity index (χ0) is 17.5. The molecule has 25 heavy (non-hydrogen) atoms. The number of nitrogens with one attached hydrogen (secondary N) is 1. The van der Waals surface area contributed by atoms with Crippen molar-refractivity contribution in [1.82, 2.24) is 15.0 Å². The summed E-state index contributed by atoms with van der Waals surface area (Å²) in [6.07, 6.45) is 0. The van der Waals surface area contributed by atoms with Crippen LogP contribution >= 0.6 is 0 Å². The Kier molecular flexibility index (Phi) is 6.03. The number of anilines is 1. The molecule has 3 rings (SSSR count). The maximum atomic E-state index is 12.0. The summed E-state index contributed by atoms with van der Waals surface area (Å²) in [5.74, 6) is 2.00. The Hall–Kier alpha value is -2.38. The molecule has 1 aliphatic rings. The number of para-hydroxylation sites is 1. The highest BCUT2D eigenvalue weighted by Gasteiger charge is 2.19. The van der Waals surface area contributed by atoms with E-state index in [0.717, 1.165) is 38.5 Å². The van der Waals surface area contributed by atoms with Crippen molar-refractivity contribution in [3.63, 3.8) is 0 Å². The van der Waals surface area contributed by atoms with E-state index in [1.807, 2.05) is 30.3 Å². The number of benzene rings is 1. The minimum absolute atomic E-state index is 0.0610. The van der Waals surface area contributed by atoms with Gasteiger partial charge in [0, 0.05) is 38.8 Å². The number of hydrogen-bond donors (Lipinski definition) is 1. The predicted molar refractivity (Wildman–Crippen MR) is 94.7 cm³/mol. The molecule has 0 atom stereocenters. The number of amides is 1. The monoisotopic (exact) mass is 344 g/mol. The first-order valence-electron chi connectivity index (χ1n) is 8.55. The normalized spacial score (nSPS) is 15.9. The second-order valence-electron chi connectivity index (χ2n) is 6.15. The second-order valence-corrected chi connectivity index (χ2v) is 6.15. The third-order valence-electron chi connectivity index (χ3n) is 4.15. The van der Waals surface area contributed by atoms with Gasteiger partial charge >= 0.3 is 0 Å². The Bertz CT molecular complexity index is 666. The number of aromatic nitrogens is 1. The van der Waals surface area contributed by atoms with Crippen LogP contribution in [0.1, 0.15) is 5.76 Å². The summed E-state index contributed by atoms with van der Waals surface area (Å²) in [5.41, 5.74) is 0. The van der Waals surface area contributed by atoms with Crippen molar-refractivity contribution in [2.45, 2.75) is 6.92 Å². The fourth-order valence-electron chi connectivity index (χ4n) is 2.79. The Morgan fingerprint density at radius 2 is 1.92 bits per heavy atom. The fourth-order valence-corrected chi connectivity index (χ4v) is 2.79. The zero-order valence-corrected chi connectivity index (χ0v) is 14.5. The molecule has 1 aromatic carbocycles. The molecule has 0 unspecified atom stereocenters. The summed E-state index contributed by atoms with van der Waals surface area (Å²) in [6, 6.07) is 11.6. The third kappa shape index (κ3) is 5.58. The van der Waals surface area contributed by atoms with Crippen molar-refractivity contribution in [2.24, 2.45) is 0 Å². The summed E-state index contributed by atoms with van der Waals surface area (Å²) >= 11 is 0. The Morgan fingerprint density at radius 1 is 1.20 bits per heavy atom. The van der Waals surface area contributed by atoms with E-state index in [1.54, 1.807) is 13.0 Å². The van der Waals surface area contributed by atoms with Crippen molar-refractivity contribution in [2.75, 3.05) is 51.2 Å². The van der Waals surface area contributed by atoms with Crippen molar-refractivity contribution in [1.29, 1.82) is 0 Å². The van der Waals surface area contributed by atoms with Crippen molar-refractivity contribution in [3.8, 4) is 5.75 Å². The van der Waals surface area contributed by atoms with E-state index in [0.29, 0.717) is 24.7 Å². The first kappa shape index (κ1) is 17.4. The van der Waals surface area contributed by atoms with E-state index in [9.17, 15) is 4.79 Å². The predicted octanol–water partition coefficient (Wildman–Crippen LogP) is 1.62. The van der Waals surface area contributed by atoms with Crippen LogP contribution in [0.5, 0.6) is 5.75 Å². The van der Waals surface area contributed by atoms with Gasteiger partial charge in [0.05, 0.1) is 6.54 Å². The van der Waals surface area contributed by atoms with E-state index < -0.39 is 0 Å². The maximum absolute atomic E-state index is 12.0. The van der Waals surface area contributed by atoms with E-state index in [2.05, 4.69) is 20.3 Å². The average molecular weight is 344 g/mol. The molecule has 0 spiro atoms. The molecule has 1 amide bonds. The molecule has 134 valence electrons. The van der Waals surface area contributed by atoms with Gasteiger partial charge < -0.3 is 14.6 Å². The topological polar surface area (TPSA) is 70.8 Å². The molecule has 7 heteroatoms. The number of carbonyl (C=O) groups excluding carboxylic acids is 1. The number of carbonyl (C=O) groups is 1. The van der Waals surface area contributed by atoms with Gasteiger partial charge in [-0.3, -0.25) is 14.6 Å². The summed E-state index contributed by atoms with van der Waals surface area (Å²) in [5, 5.41) is 6.53. The molecule has 2 heterocycles. The smallest absolute Gasteiger partial charge is 0.239 e. The van der Waals surface area contributed by atoms with Crippen LogP contribution < -0.4 is 10.1 Å². The molecule has 1 saturated heterocycles. The highest BCUT2D eigenvalue weighted by molar-refractivity contribution is 5.91. The van der Waals surface area contributed by atoms with E-state index in [4.69, 9.17) is 9.26 Å². The zero-order valence-electron chi connectivity index (χ0n) is 14.5. The number of rotatable bonds is 7. The molecule has 0 saturated carbocycles. The fraction of sp³-hybridized carbons (Fsp3) is 0.444. The molecule has 1 aromatic heterocycles. The van der Waals surface area contributed by atoms with Gasteiger partial charge in [0.2, 0.25) is 5.91 Å². The standard InChI is InChI=1S/C18H24N4O3/c1-15-13-17(20-25-15)19-18(23)14-22-9-7-21(8-10-22)11-12-24-16-5-3-2-4-6-16/h2-6,13H,7-12,14H2,1H3,(H,19,20,23). The van der Waals surface area contributed by atoms with Crippen molar-refractivity contribution >= 4 is 11.7 Å². The molecule has 1 N–H and O–H groups in total. The van der Waals surface area contributed by atoms with E-state index in [1.165, 1.54) is 0 Å². The third-order valence-corrected chi connectivity index (χ3v) is 4.15. The Morgan fingerprint density at radius 3 is 2.60 bits per heavy atom. The quantitative estimate of drug-likeness (QED) is 0.823. The molecule has 0 radical (unpaired) electrons. The van der Waals surface area contributed by atoms with Gasteiger partial charge in [0.25, 0.3) is 0 Å². The van der Waals surface area contributed by atoms with Gasteiger partial charge in [0.15, 0.2) is 5.82 Å². The van der Waals surface area contributed by atoms with Crippen LogP contribution in [-0.4, -0.2) is 66.7 Å². The van der Waals surface area contributed by atoms with Gasteiger partial charge in [-0.05, 0) is 19.1 Å². The van der Waals surface area contributed by atoms with Gasteiger partial charge in [-0.25, -0.2) is 0 Å². The molecule has 1 fully saturated rings. The number of piperazine rings is 1. The number of hydrogen-bond acceptors (Lipinski definition) is 6. The first-order chi connectivity index (χ1) is 12.2. The van der Waals surface area contributed by atoms with E-state index in [-0.39, 0.29) is 5.91 Å². The van der Waals surface area contributed by atoms with Gasteiger partial charge in [-0.15, -0.1) is 0 Å². The molecule has 7 nitrogen and oxygen atoms in total. The Balaban J connectivity index is 1.32. The molecule has 0 aliphatic carbocycles. The highest BCUT2D eigenvalue weighted by Crippen LogP contribution is 2.09. The van der Waals surface area contributed by atoms with Crippen LogP contribution in [0.15, 0.2) is 40.9 Å². The number of nitrogens with zero attached hydrogens (tertiary/aromatic N) is 3. The van der Waals surface area contributed by atoms with Crippen LogP contribution in [-0.2, 0) is 4.79 Å². The largest absolute Gasteiger partial charge is 0.492 e. The first-order valence-corrected chi connectivity index (χ1v) is 8.55. The van der Waals surface area contributed by atoms with Crippen molar-refractivity contribution < 1.29 is 14.1 Å². The molecule has 1 aliphatic heterocycles. The molecule has 0 bridgehead atoms. The van der Waals surface area contributed by atoms with Crippen LogP contribution in [0.2, 0.25) is 0 Å². The summed E-state index contributed by atoms with van der Waals surface area (Å²) in [4.78, 5) is 16.5. The molecule has 2 aromatic rings. The maximum Gasteiger partial charge on any atom is 0.239 e. The Labute approximate surface area is 147 Å². The lowest BCUT2D eigenvalue weighted by atomic mass is 10.3. The van der Waals surface area contributed by atoms with Gasteiger partial charge in [0.1, 0.15) is 18.1 Å². The number of aryl methyl sites for hydroxylation is 1. The summed E-state index contributed by atoms with van der Waals surface area (Å²) < 4.78 is 10.7. The molecular weight excluding hydrogens is 320 g/mol. The minimum atomic E-state index is -0.0610. The van der Waals surface area contributed by atoms with Crippen LogP contribution in [0, 0.1) is 6.92 Å². The highest BCUT2D eigenvalue weighted by atomic mass is 16.5. The van der Waals surface area contributed by atoms with Crippen LogP contribution in [0.25, 0.3) is 0 Å². The van der Waals surface area contributed by atoms with Gasteiger partial charge in [-0.1, -0.05) is 23.4 Å². The summed E-state index contributed by atoms with van der Waals surface area (Å²) in [7, 11) is 0. The second kappa shape index (κ2) is 8.64. The van der Waals surface area contributed by atoms with Crippen LogP contribution in [0.4, 0.5) is 5.82 Å². The summed E-state index contributed by atoms with van der Waals surface area (Å²) in [6.45, 7) is 7.36. The lowest BCUT2D eigenvalue weighted by Crippen LogP contribution is -2.49. The average Bonchev–Trinajstić information content (AvgIpc) is 3.02. The molecular formula is C18H24N4O3.